The molecule has 0 aliphatic heterocycles. The zero-order chi connectivity index (χ0) is 11.4. The number of aromatic nitrogens is 2. The second kappa shape index (κ2) is 5.26. The van der Waals surface area contributed by atoms with Gasteiger partial charge < -0.3 is 0 Å². The highest BCUT2D eigenvalue weighted by Crippen LogP contribution is 2.12. The molecule has 1 aromatic rings. The molecule has 0 spiro atoms. The lowest BCUT2D eigenvalue weighted by Crippen LogP contribution is -2.25. The first-order valence-electron chi connectivity index (χ1n) is 4.89. The quantitative estimate of drug-likeness (QED) is 0.747. The summed E-state index contributed by atoms with van der Waals surface area (Å²) in [6, 6.07) is 1.26. The van der Waals surface area contributed by atoms with Crippen LogP contribution in [0.4, 0.5) is 4.39 Å². The predicted octanol–water partition coefficient (Wildman–Crippen LogP) is 2.38. The maximum atomic E-state index is 12.1. The number of halogens is 2. The zero-order valence-corrected chi connectivity index (χ0v) is 9.59. The normalized spacial score (nSPS) is 11.0. The van der Waals surface area contributed by atoms with Gasteiger partial charge in [0.25, 0.3) is 5.56 Å². The number of hydrogen-bond donors (Lipinski definition) is 0. The van der Waals surface area contributed by atoms with E-state index in [4.69, 9.17) is 11.6 Å². The van der Waals surface area contributed by atoms with Crippen molar-refractivity contribution in [2.24, 2.45) is 0 Å². The maximum absolute atomic E-state index is 12.1. The minimum Gasteiger partial charge on any atom is -0.296 e. The lowest BCUT2D eigenvalue weighted by molar-refractivity contribution is 0.434. The molecule has 0 radical (unpaired) electrons. The van der Waals surface area contributed by atoms with Crippen molar-refractivity contribution in [2.75, 3.05) is 6.67 Å². The summed E-state index contributed by atoms with van der Waals surface area (Å²) in [6.07, 6.45) is 0.322. The minimum absolute atomic E-state index is 0.0935. The van der Waals surface area contributed by atoms with E-state index in [1.807, 2.05) is 13.8 Å². The molecule has 0 aliphatic rings. The van der Waals surface area contributed by atoms with E-state index in [0.29, 0.717) is 18.8 Å². The summed E-state index contributed by atoms with van der Waals surface area (Å²) in [7, 11) is 0. The van der Waals surface area contributed by atoms with E-state index in [9.17, 15) is 9.18 Å². The number of alkyl halides is 1. The molecule has 0 saturated heterocycles. The fourth-order valence-electron chi connectivity index (χ4n) is 1.38. The van der Waals surface area contributed by atoms with Crippen molar-refractivity contribution in [3.8, 4) is 0 Å². The molecule has 0 saturated carbocycles. The molecular weight excluding hydrogens is 219 g/mol. The summed E-state index contributed by atoms with van der Waals surface area (Å²) in [6.45, 7) is 3.76. The van der Waals surface area contributed by atoms with Crippen LogP contribution in [-0.2, 0) is 6.54 Å². The molecule has 5 heteroatoms. The van der Waals surface area contributed by atoms with E-state index in [1.165, 1.54) is 10.6 Å². The van der Waals surface area contributed by atoms with Crippen LogP contribution in [0.15, 0.2) is 10.9 Å². The fourth-order valence-corrected chi connectivity index (χ4v) is 1.56. The van der Waals surface area contributed by atoms with Gasteiger partial charge in [-0.2, -0.15) is 0 Å². The van der Waals surface area contributed by atoms with Crippen LogP contribution in [0.25, 0.3) is 0 Å². The molecular formula is C10H14ClFN2O. The summed E-state index contributed by atoms with van der Waals surface area (Å²) in [4.78, 5) is 15.7. The molecule has 0 aliphatic carbocycles. The van der Waals surface area contributed by atoms with E-state index in [1.54, 1.807) is 0 Å². The monoisotopic (exact) mass is 232 g/mol. The van der Waals surface area contributed by atoms with E-state index in [2.05, 4.69) is 4.98 Å². The lowest BCUT2D eigenvalue weighted by atomic mass is 10.2. The highest BCUT2D eigenvalue weighted by molar-refractivity contribution is 6.29. The average molecular weight is 233 g/mol. The van der Waals surface area contributed by atoms with Gasteiger partial charge in [-0.15, -0.1) is 0 Å². The van der Waals surface area contributed by atoms with Gasteiger partial charge in [-0.25, -0.2) is 4.98 Å². The molecule has 84 valence electrons. The van der Waals surface area contributed by atoms with Crippen LogP contribution < -0.4 is 5.56 Å². The third-order valence-corrected chi connectivity index (χ3v) is 2.23. The highest BCUT2D eigenvalue weighted by Gasteiger charge is 2.10. The predicted molar refractivity (Wildman–Crippen MR) is 58.2 cm³/mol. The second-order valence-corrected chi connectivity index (χ2v) is 4.01. The van der Waals surface area contributed by atoms with Crippen molar-refractivity contribution in [1.82, 2.24) is 9.55 Å². The Bertz CT molecular complexity index is 389. The zero-order valence-electron chi connectivity index (χ0n) is 8.83. The Kier molecular flexibility index (Phi) is 4.27. The van der Waals surface area contributed by atoms with Crippen LogP contribution in [0.2, 0.25) is 5.15 Å². The van der Waals surface area contributed by atoms with E-state index in [-0.39, 0.29) is 16.6 Å². The van der Waals surface area contributed by atoms with Crippen LogP contribution in [0.5, 0.6) is 0 Å². The maximum Gasteiger partial charge on any atom is 0.254 e. The summed E-state index contributed by atoms with van der Waals surface area (Å²) >= 11 is 5.70. The molecule has 1 heterocycles. The van der Waals surface area contributed by atoms with Gasteiger partial charge in [-0.1, -0.05) is 25.4 Å². The molecule has 0 fully saturated rings. The molecule has 0 atom stereocenters. The SMILES string of the molecule is CC(C)c1nc(Cl)cc(=O)n1CCCF. The average Bonchev–Trinajstić information content (AvgIpc) is 2.15. The first-order chi connectivity index (χ1) is 7.06. The molecule has 0 N–H and O–H groups in total. The van der Waals surface area contributed by atoms with E-state index in [0.717, 1.165) is 0 Å². The molecule has 0 amide bonds. The third-order valence-electron chi connectivity index (χ3n) is 2.04. The van der Waals surface area contributed by atoms with E-state index >= 15 is 0 Å². The Labute approximate surface area is 92.9 Å². The molecule has 1 aromatic heterocycles. The molecule has 0 bridgehead atoms. The van der Waals surface area contributed by atoms with Gasteiger partial charge in [-0.05, 0) is 6.42 Å². The first kappa shape index (κ1) is 12.2. The first-order valence-corrected chi connectivity index (χ1v) is 5.27. The lowest BCUT2D eigenvalue weighted by Gasteiger charge is -2.13. The number of nitrogens with zero attached hydrogens (tertiary/aromatic N) is 2. The smallest absolute Gasteiger partial charge is 0.254 e. The molecule has 0 aromatic carbocycles. The van der Waals surface area contributed by atoms with Gasteiger partial charge in [0, 0.05) is 18.5 Å². The van der Waals surface area contributed by atoms with Crippen molar-refractivity contribution < 1.29 is 4.39 Å². The third kappa shape index (κ3) is 3.02. The van der Waals surface area contributed by atoms with Crippen molar-refractivity contribution >= 4 is 11.6 Å². The Morgan fingerprint density at radius 3 is 2.80 bits per heavy atom. The van der Waals surface area contributed by atoms with Gasteiger partial charge in [0.05, 0.1) is 6.67 Å². The Morgan fingerprint density at radius 1 is 1.60 bits per heavy atom. The van der Waals surface area contributed by atoms with Crippen molar-refractivity contribution in [1.29, 1.82) is 0 Å². The molecule has 3 nitrogen and oxygen atoms in total. The van der Waals surface area contributed by atoms with Crippen molar-refractivity contribution in [3.05, 3.63) is 27.4 Å². The van der Waals surface area contributed by atoms with Gasteiger partial charge in [0.15, 0.2) is 0 Å². The summed E-state index contributed by atoms with van der Waals surface area (Å²) in [5.41, 5.74) is -0.216. The highest BCUT2D eigenvalue weighted by atomic mass is 35.5. The Morgan fingerprint density at radius 2 is 2.27 bits per heavy atom. The van der Waals surface area contributed by atoms with Crippen molar-refractivity contribution in [2.45, 2.75) is 32.7 Å². The number of hydrogen-bond acceptors (Lipinski definition) is 2. The van der Waals surface area contributed by atoms with Gasteiger partial charge >= 0.3 is 0 Å². The summed E-state index contributed by atoms with van der Waals surface area (Å²) < 4.78 is 13.5. The van der Waals surface area contributed by atoms with Crippen molar-refractivity contribution in [3.63, 3.8) is 0 Å². The van der Waals surface area contributed by atoms with Crippen LogP contribution in [0.1, 0.15) is 32.0 Å². The van der Waals surface area contributed by atoms with Gasteiger partial charge in [0.2, 0.25) is 0 Å². The second-order valence-electron chi connectivity index (χ2n) is 3.62. The van der Waals surface area contributed by atoms with Crippen LogP contribution in [0, 0.1) is 0 Å². The Hall–Kier alpha value is -0.900. The van der Waals surface area contributed by atoms with Crippen LogP contribution in [0.3, 0.4) is 0 Å². The molecule has 1 rings (SSSR count). The van der Waals surface area contributed by atoms with Crippen LogP contribution >= 0.6 is 11.6 Å². The van der Waals surface area contributed by atoms with Crippen LogP contribution in [-0.4, -0.2) is 16.2 Å². The standard InChI is InChI=1S/C10H14ClFN2O/c1-7(2)10-13-8(11)6-9(15)14(10)5-3-4-12/h6-7H,3-5H2,1-2H3. The minimum atomic E-state index is -0.438. The summed E-state index contributed by atoms with van der Waals surface area (Å²) in [5, 5.41) is 0.195. The Balaban J connectivity index is 3.15. The van der Waals surface area contributed by atoms with E-state index < -0.39 is 6.67 Å². The fraction of sp³-hybridized carbons (Fsp3) is 0.600. The van der Waals surface area contributed by atoms with Gasteiger partial charge in [0.1, 0.15) is 11.0 Å². The molecule has 15 heavy (non-hydrogen) atoms. The largest absolute Gasteiger partial charge is 0.296 e. The number of rotatable bonds is 4. The molecule has 0 unspecified atom stereocenters. The summed E-state index contributed by atoms with van der Waals surface area (Å²) in [5.74, 6) is 0.706. The van der Waals surface area contributed by atoms with Gasteiger partial charge in [-0.3, -0.25) is 13.8 Å². The topological polar surface area (TPSA) is 34.9 Å².